The number of rotatable bonds is 8. The number of aliphatic imine (C=N–C) groups is 1. The van der Waals surface area contributed by atoms with Crippen molar-refractivity contribution in [2.45, 2.75) is 6.04 Å². The van der Waals surface area contributed by atoms with Crippen molar-refractivity contribution in [3.63, 3.8) is 0 Å². The summed E-state index contributed by atoms with van der Waals surface area (Å²) in [5.41, 5.74) is 0. The first-order chi connectivity index (χ1) is 13.8. The second kappa shape index (κ2) is 11.0. The number of thiophene rings is 1. The summed E-state index contributed by atoms with van der Waals surface area (Å²) in [6.45, 7) is 5.71. The monoisotopic (exact) mass is 402 g/mol. The fraction of sp³-hybridized carbons (Fsp3) is 0.476. The van der Waals surface area contributed by atoms with Crippen LogP contribution in [0.3, 0.4) is 0 Å². The fourth-order valence-electron chi connectivity index (χ4n) is 3.28. The third kappa shape index (κ3) is 5.95. The van der Waals surface area contributed by atoms with E-state index < -0.39 is 0 Å². The molecule has 0 aliphatic carbocycles. The molecule has 1 aliphatic rings. The standard InChI is InChI=1S/C21H30N4O2S/c1-22-21(24(2)10-15-27-18-7-4-3-5-8-18)23-17-19(20-9-6-16-28-20)25-11-13-26-14-12-25/h3-9,16,19H,10-15,17H2,1-2H3,(H,22,23). The quantitative estimate of drug-likeness (QED) is 0.543. The minimum atomic E-state index is 0.328. The number of hydrogen-bond acceptors (Lipinski definition) is 5. The van der Waals surface area contributed by atoms with Crippen molar-refractivity contribution in [2.24, 2.45) is 4.99 Å². The highest BCUT2D eigenvalue weighted by atomic mass is 32.1. The molecule has 1 atom stereocenters. The molecule has 28 heavy (non-hydrogen) atoms. The van der Waals surface area contributed by atoms with E-state index in [0.29, 0.717) is 12.6 Å². The van der Waals surface area contributed by atoms with E-state index in [0.717, 1.165) is 51.1 Å². The number of hydrogen-bond donors (Lipinski definition) is 1. The van der Waals surface area contributed by atoms with Gasteiger partial charge < -0.3 is 19.7 Å². The Labute approximate surface area is 171 Å². The van der Waals surface area contributed by atoms with Gasteiger partial charge in [0.1, 0.15) is 12.4 Å². The summed E-state index contributed by atoms with van der Waals surface area (Å²) < 4.78 is 11.3. The Morgan fingerprint density at radius 2 is 2.04 bits per heavy atom. The Bertz CT molecular complexity index is 702. The van der Waals surface area contributed by atoms with Crippen LogP contribution in [0.1, 0.15) is 10.9 Å². The molecule has 2 heterocycles. The molecule has 2 aromatic rings. The molecule has 1 fully saturated rings. The van der Waals surface area contributed by atoms with Crippen LogP contribution in [0.2, 0.25) is 0 Å². The van der Waals surface area contributed by atoms with Crippen molar-refractivity contribution < 1.29 is 9.47 Å². The minimum absolute atomic E-state index is 0.328. The van der Waals surface area contributed by atoms with E-state index in [-0.39, 0.29) is 0 Å². The number of nitrogens with one attached hydrogen (secondary N) is 1. The van der Waals surface area contributed by atoms with Gasteiger partial charge in [0.2, 0.25) is 0 Å². The van der Waals surface area contributed by atoms with Gasteiger partial charge in [-0.15, -0.1) is 11.3 Å². The van der Waals surface area contributed by atoms with Gasteiger partial charge in [-0.3, -0.25) is 9.89 Å². The average molecular weight is 403 g/mol. The van der Waals surface area contributed by atoms with Crippen molar-refractivity contribution in [1.29, 1.82) is 0 Å². The zero-order valence-corrected chi connectivity index (χ0v) is 17.5. The maximum Gasteiger partial charge on any atom is 0.193 e. The number of morpholine rings is 1. The zero-order valence-electron chi connectivity index (χ0n) is 16.7. The molecule has 1 N–H and O–H groups in total. The molecule has 1 aliphatic heterocycles. The molecule has 0 bridgehead atoms. The first-order valence-electron chi connectivity index (χ1n) is 9.73. The Kier molecular flexibility index (Phi) is 8.14. The lowest BCUT2D eigenvalue weighted by atomic mass is 10.2. The number of guanidine groups is 1. The van der Waals surface area contributed by atoms with Gasteiger partial charge in [-0.25, -0.2) is 0 Å². The molecule has 6 nitrogen and oxygen atoms in total. The number of likely N-dealkylation sites (N-methyl/N-ethyl adjacent to an activating group) is 1. The molecule has 7 heteroatoms. The molecule has 1 saturated heterocycles. The van der Waals surface area contributed by atoms with Gasteiger partial charge in [-0.1, -0.05) is 24.3 Å². The summed E-state index contributed by atoms with van der Waals surface area (Å²) in [7, 11) is 3.87. The molecule has 0 spiro atoms. The van der Waals surface area contributed by atoms with E-state index >= 15 is 0 Å². The lowest BCUT2D eigenvalue weighted by Gasteiger charge is -2.35. The molecule has 1 aromatic heterocycles. The van der Waals surface area contributed by atoms with Gasteiger partial charge in [-0.2, -0.15) is 0 Å². The van der Waals surface area contributed by atoms with E-state index in [1.54, 1.807) is 0 Å². The normalized spacial score (nSPS) is 16.6. The maximum absolute atomic E-state index is 5.81. The van der Waals surface area contributed by atoms with Crippen LogP contribution in [-0.4, -0.2) is 75.9 Å². The number of benzene rings is 1. The van der Waals surface area contributed by atoms with Gasteiger partial charge in [-0.05, 0) is 23.6 Å². The molecule has 3 rings (SSSR count). The van der Waals surface area contributed by atoms with Crippen LogP contribution in [0.5, 0.6) is 5.75 Å². The van der Waals surface area contributed by atoms with Crippen LogP contribution in [0.15, 0.2) is 52.8 Å². The predicted molar refractivity (Wildman–Crippen MR) is 115 cm³/mol. The van der Waals surface area contributed by atoms with Crippen molar-refractivity contribution in [1.82, 2.24) is 15.1 Å². The highest BCUT2D eigenvalue weighted by Gasteiger charge is 2.24. The third-order valence-corrected chi connectivity index (χ3v) is 5.80. The Hall–Kier alpha value is -2.09. The van der Waals surface area contributed by atoms with Gasteiger partial charge in [0, 0.05) is 38.6 Å². The van der Waals surface area contributed by atoms with Crippen LogP contribution < -0.4 is 10.1 Å². The van der Waals surface area contributed by atoms with Gasteiger partial charge in [0.15, 0.2) is 5.96 Å². The number of nitrogens with zero attached hydrogens (tertiary/aromatic N) is 3. The fourth-order valence-corrected chi connectivity index (χ4v) is 4.14. The van der Waals surface area contributed by atoms with E-state index in [1.807, 2.05) is 55.8 Å². The summed E-state index contributed by atoms with van der Waals surface area (Å²) in [6, 6.07) is 14.6. The van der Waals surface area contributed by atoms with E-state index in [1.165, 1.54) is 4.88 Å². The Morgan fingerprint density at radius 3 is 2.71 bits per heavy atom. The highest BCUT2D eigenvalue weighted by Crippen LogP contribution is 2.25. The van der Waals surface area contributed by atoms with Crippen LogP contribution >= 0.6 is 11.3 Å². The summed E-state index contributed by atoms with van der Waals surface area (Å²) in [5.74, 6) is 1.77. The van der Waals surface area contributed by atoms with Crippen molar-refractivity contribution in [3.8, 4) is 5.75 Å². The second-order valence-corrected chi connectivity index (χ2v) is 7.67. The summed E-state index contributed by atoms with van der Waals surface area (Å²) in [5, 5.41) is 5.69. The maximum atomic E-state index is 5.81. The van der Waals surface area contributed by atoms with Crippen LogP contribution in [0.25, 0.3) is 0 Å². The Balaban J connectivity index is 1.51. The lowest BCUT2D eigenvalue weighted by Crippen LogP contribution is -2.47. The van der Waals surface area contributed by atoms with Gasteiger partial charge >= 0.3 is 0 Å². The highest BCUT2D eigenvalue weighted by molar-refractivity contribution is 7.10. The average Bonchev–Trinajstić information content (AvgIpc) is 3.27. The largest absolute Gasteiger partial charge is 0.492 e. The van der Waals surface area contributed by atoms with Crippen molar-refractivity contribution in [3.05, 3.63) is 52.7 Å². The van der Waals surface area contributed by atoms with Crippen molar-refractivity contribution >= 4 is 17.3 Å². The Morgan fingerprint density at radius 1 is 1.25 bits per heavy atom. The smallest absolute Gasteiger partial charge is 0.193 e. The first kappa shape index (κ1) is 20.6. The topological polar surface area (TPSA) is 49.3 Å². The van der Waals surface area contributed by atoms with E-state index in [4.69, 9.17) is 9.47 Å². The predicted octanol–water partition coefficient (Wildman–Crippen LogP) is 2.71. The number of ether oxygens (including phenoxy) is 2. The van der Waals surface area contributed by atoms with Crippen LogP contribution in [-0.2, 0) is 4.74 Å². The van der Waals surface area contributed by atoms with E-state index in [2.05, 4.69) is 37.6 Å². The lowest BCUT2D eigenvalue weighted by molar-refractivity contribution is 0.0176. The molecular weight excluding hydrogens is 372 g/mol. The summed E-state index contributed by atoms with van der Waals surface area (Å²) in [6.07, 6.45) is 0. The van der Waals surface area contributed by atoms with Gasteiger partial charge in [0.05, 0.1) is 25.8 Å². The molecule has 1 aromatic carbocycles. The number of para-hydroxylation sites is 1. The molecule has 0 saturated carbocycles. The van der Waals surface area contributed by atoms with Crippen LogP contribution in [0, 0.1) is 0 Å². The molecule has 0 radical (unpaired) electrons. The molecule has 0 amide bonds. The molecule has 1 unspecified atom stereocenters. The van der Waals surface area contributed by atoms with E-state index in [9.17, 15) is 0 Å². The van der Waals surface area contributed by atoms with Crippen LogP contribution in [0.4, 0.5) is 0 Å². The first-order valence-corrected chi connectivity index (χ1v) is 10.6. The molecular formula is C21H30N4O2S. The zero-order chi connectivity index (χ0) is 19.6. The second-order valence-electron chi connectivity index (χ2n) is 6.69. The van der Waals surface area contributed by atoms with Gasteiger partial charge in [0.25, 0.3) is 0 Å². The molecule has 152 valence electrons. The minimum Gasteiger partial charge on any atom is -0.492 e. The third-order valence-electron chi connectivity index (χ3n) is 4.82. The summed E-state index contributed by atoms with van der Waals surface area (Å²) in [4.78, 5) is 10.4. The summed E-state index contributed by atoms with van der Waals surface area (Å²) >= 11 is 1.81. The van der Waals surface area contributed by atoms with Crippen molar-refractivity contribution in [2.75, 3.05) is 60.1 Å². The SMILES string of the molecule is CN=C(NCC(c1cccs1)N1CCOCC1)N(C)CCOc1ccccc1.